The fraction of sp³-hybridized carbons (Fsp3) is 0.500. The molecular formula is C12H15BrFN. The van der Waals surface area contributed by atoms with Crippen LogP contribution in [0.2, 0.25) is 0 Å². The molecule has 0 spiro atoms. The van der Waals surface area contributed by atoms with Crippen molar-refractivity contribution in [1.82, 2.24) is 4.90 Å². The molecule has 2 rings (SSSR count). The zero-order valence-electron chi connectivity index (χ0n) is 8.84. The fourth-order valence-corrected chi connectivity index (χ4v) is 2.29. The van der Waals surface area contributed by atoms with Crippen LogP contribution in [0.15, 0.2) is 22.7 Å². The average molecular weight is 272 g/mol. The summed E-state index contributed by atoms with van der Waals surface area (Å²) in [5.41, 5.74) is 1.03. The molecule has 1 aliphatic carbocycles. The van der Waals surface area contributed by atoms with Gasteiger partial charge in [-0.1, -0.05) is 18.6 Å². The van der Waals surface area contributed by atoms with E-state index < -0.39 is 0 Å². The molecule has 0 radical (unpaired) electrons. The van der Waals surface area contributed by atoms with Crippen LogP contribution in [0.1, 0.15) is 24.8 Å². The van der Waals surface area contributed by atoms with Crippen molar-refractivity contribution in [2.45, 2.75) is 31.8 Å². The Labute approximate surface area is 98.4 Å². The van der Waals surface area contributed by atoms with Gasteiger partial charge in [0.15, 0.2) is 0 Å². The van der Waals surface area contributed by atoms with E-state index in [0.29, 0.717) is 10.5 Å². The molecule has 1 nitrogen and oxygen atoms in total. The molecule has 1 aliphatic rings. The first-order valence-corrected chi connectivity index (χ1v) is 6.11. The summed E-state index contributed by atoms with van der Waals surface area (Å²) >= 11 is 3.30. The summed E-state index contributed by atoms with van der Waals surface area (Å²) < 4.78 is 13.9. The summed E-state index contributed by atoms with van der Waals surface area (Å²) in [6.45, 7) is 0.822. The molecule has 1 fully saturated rings. The Morgan fingerprint density at radius 2 is 2.20 bits per heavy atom. The quantitative estimate of drug-likeness (QED) is 0.813. The van der Waals surface area contributed by atoms with Crippen molar-refractivity contribution in [2.24, 2.45) is 0 Å². The molecule has 0 N–H and O–H groups in total. The molecule has 0 amide bonds. The lowest BCUT2D eigenvalue weighted by molar-refractivity contribution is 0.152. The highest BCUT2D eigenvalue weighted by Crippen LogP contribution is 2.27. The van der Waals surface area contributed by atoms with E-state index in [1.807, 2.05) is 6.07 Å². The first-order valence-electron chi connectivity index (χ1n) is 5.31. The monoisotopic (exact) mass is 271 g/mol. The second-order valence-electron chi connectivity index (χ2n) is 4.21. The number of rotatable bonds is 3. The van der Waals surface area contributed by atoms with Gasteiger partial charge >= 0.3 is 0 Å². The zero-order chi connectivity index (χ0) is 10.8. The number of halogens is 2. The standard InChI is InChI=1S/C12H15BrFN/c1-15(10-5-3-6-10)8-9-4-2-7-11(14)12(9)13/h2,4,7,10H,3,5-6,8H2,1H3. The van der Waals surface area contributed by atoms with Crippen molar-refractivity contribution >= 4 is 15.9 Å². The lowest BCUT2D eigenvalue weighted by atomic mass is 9.91. The molecule has 0 atom stereocenters. The van der Waals surface area contributed by atoms with E-state index in [2.05, 4.69) is 27.9 Å². The van der Waals surface area contributed by atoms with Crippen LogP contribution in [-0.4, -0.2) is 18.0 Å². The van der Waals surface area contributed by atoms with Crippen molar-refractivity contribution in [3.63, 3.8) is 0 Å². The van der Waals surface area contributed by atoms with Gasteiger partial charge in [-0.2, -0.15) is 0 Å². The van der Waals surface area contributed by atoms with Crippen LogP contribution in [0.4, 0.5) is 4.39 Å². The Kier molecular flexibility index (Phi) is 3.42. The maximum Gasteiger partial charge on any atom is 0.137 e. The van der Waals surface area contributed by atoms with Gasteiger partial charge in [-0.05, 0) is 47.4 Å². The molecule has 0 aromatic heterocycles. The Morgan fingerprint density at radius 3 is 2.80 bits per heavy atom. The van der Waals surface area contributed by atoms with Crippen LogP contribution in [0.3, 0.4) is 0 Å². The van der Waals surface area contributed by atoms with Gasteiger partial charge in [-0.15, -0.1) is 0 Å². The molecule has 1 aromatic carbocycles. The average Bonchev–Trinajstić information content (AvgIpc) is 2.10. The highest BCUT2D eigenvalue weighted by molar-refractivity contribution is 9.10. The fourth-order valence-electron chi connectivity index (χ4n) is 1.90. The van der Waals surface area contributed by atoms with E-state index >= 15 is 0 Å². The van der Waals surface area contributed by atoms with Gasteiger partial charge in [0.2, 0.25) is 0 Å². The first-order chi connectivity index (χ1) is 7.18. The van der Waals surface area contributed by atoms with Crippen molar-refractivity contribution in [2.75, 3.05) is 7.05 Å². The largest absolute Gasteiger partial charge is 0.299 e. The zero-order valence-corrected chi connectivity index (χ0v) is 10.4. The van der Waals surface area contributed by atoms with E-state index in [4.69, 9.17) is 0 Å². The molecule has 15 heavy (non-hydrogen) atoms. The summed E-state index contributed by atoms with van der Waals surface area (Å²) in [6, 6.07) is 5.92. The Bertz CT molecular complexity index is 349. The van der Waals surface area contributed by atoms with Crippen LogP contribution in [-0.2, 0) is 6.54 Å². The predicted octanol–water partition coefficient (Wildman–Crippen LogP) is 3.57. The maximum atomic E-state index is 13.3. The van der Waals surface area contributed by atoms with Gasteiger partial charge in [0.05, 0.1) is 4.47 Å². The van der Waals surface area contributed by atoms with Crippen LogP contribution in [0, 0.1) is 5.82 Å². The molecule has 0 bridgehead atoms. The number of nitrogens with zero attached hydrogens (tertiary/aromatic N) is 1. The topological polar surface area (TPSA) is 3.24 Å². The molecule has 1 saturated carbocycles. The van der Waals surface area contributed by atoms with Gasteiger partial charge in [0.25, 0.3) is 0 Å². The van der Waals surface area contributed by atoms with Crippen LogP contribution in [0.25, 0.3) is 0 Å². The van der Waals surface area contributed by atoms with Crippen molar-refractivity contribution < 1.29 is 4.39 Å². The molecule has 0 unspecified atom stereocenters. The number of hydrogen-bond donors (Lipinski definition) is 0. The Morgan fingerprint density at radius 1 is 1.47 bits per heavy atom. The molecule has 82 valence electrons. The third kappa shape index (κ3) is 2.40. The van der Waals surface area contributed by atoms with E-state index in [1.165, 1.54) is 25.3 Å². The van der Waals surface area contributed by atoms with E-state index in [-0.39, 0.29) is 5.82 Å². The maximum absolute atomic E-state index is 13.3. The van der Waals surface area contributed by atoms with Gasteiger partial charge in [0.1, 0.15) is 5.82 Å². The summed E-state index contributed by atoms with van der Waals surface area (Å²) in [7, 11) is 2.11. The smallest absolute Gasteiger partial charge is 0.137 e. The second-order valence-corrected chi connectivity index (χ2v) is 5.01. The highest BCUT2D eigenvalue weighted by atomic mass is 79.9. The van der Waals surface area contributed by atoms with Gasteiger partial charge in [0, 0.05) is 12.6 Å². The third-order valence-corrected chi connectivity index (χ3v) is 4.04. The van der Waals surface area contributed by atoms with E-state index in [9.17, 15) is 4.39 Å². The SMILES string of the molecule is CN(Cc1cccc(F)c1Br)C1CCC1. The molecule has 0 aliphatic heterocycles. The molecule has 3 heteroatoms. The normalized spacial score (nSPS) is 16.8. The lowest BCUT2D eigenvalue weighted by Gasteiger charge is -2.34. The van der Waals surface area contributed by atoms with Gasteiger partial charge in [-0.25, -0.2) is 4.39 Å². The van der Waals surface area contributed by atoms with Crippen molar-refractivity contribution in [3.05, 3.63) is 34.1 Å². The van der Waals surface area contributed by atoms with Crippen LogP contribution < -0.4 is 0 Å². The number of benzene rings is 1. The summed E-state index contributed by atoms with van der Waals surface area (Å²) in [5.74, 6) is -0.172. The predicted molar refractivity (Wildman–Crippen MR) is 63.2 cm³/mol. The summed E-state index contributed by atoms with van der Waals surface area (Å²) in [6.07, 6.45) is 3.90. The minimum atomic E-state index is -0.172. The third-order valence-electron chi connectivity index (χ3n) is 3.15. The molecule has 1 aromatic rings. The van der Waals surface area contributed by atoms with Crippen molar-refractivity contribution in [3.8, 4) is 0 Å². The van der Waals surface area contributed by atoms with E-state index in [0.717, 1.165) is 12.1 Å². The van der Waals surface area contributed by atoms with Gasteiger partial charge < -0.3 is 0 Å². The Balaban J connectivity index is 2.06. The minimum absolute atomic E-state index is 0.172. The lowest BCUT2D eigenvalue weighted by Crippen LogP contribution is -2.36. The van der Waals surface area contributed by atoms with Gasteiger partial charge in [-0.3, -0.25) is 4.90 Å². The summed E-state index contributed by atoms with van der Waals surface area (Å²) in [5, 5.41) is 0. The highest BCUT2D eigenvalue weighted by Gasteiger charge is 2.22. The number of hydrogen-bond acceptors (Lipinski definition) is 1. The Hall–Kier alpha value is -0.410. The first kappa shape index (κ1) is 11.1. The van der Waals surface area contributed by atoms with E-state index in [1.54, 1.807) is 6.07 Å². The van der Waals surface area contributed by atoms with Crippen LogP contribution in [0.5, 0.6) is 0 Å². The van der Waals surface area contributed by atoms with Crippen LogP contribution >= 0.6 is 15.9 Å². The summed E-state index contributed by atoms with van der Waals surface area (Å²) in [4.78, 5) is 2.31. The van der Waals surface area contributed by atoms with Crippen molar-refractivity contribution in [1.29, 1.82) is 0 Å². The second kappa shape index (κ2) is 4.62. The molecule has 0 saturated heterocycles. The molecule has 0 heterocycles. The molecular weight excluding hydrogens is 257 g/mol. The minimum Gasteiger partial charge on any atom is -0.299 e.